The molecule has 1 saturated heterocycles. The smallest absolute Gasteiger partial charge is 0.161 e. The van der Waals surface area contributed by atoms with Gasteiger partial charge in [-0.1, -0.05) is 6.07 Å². The third-order valence-electron chi connectivity index (χ3n) is 3.75. The highest BCUT2D eigenvalue weighted by Crippen LogP contribution is 2.47. The number of aliphatic hydroxyl groups is 1. The summed E-state index contributed by atoms with van der Waals surface area (Å²) < 4.78 is 11.2. The van der Waals surface area contributed by atoms with Crippen molar-refractivity contribution < 1.29 is 14.6 Å². The van der Waals surface area contributed by atoms with Gasteiger partial charge in [0, 0.05) is 13.1 Å². The van der Waals surface area contributed by atoms with Crippen LogP contribution in [-0.2, 0) is 5.60 Å². The summed E-state index contributed by atoms with van der Waals surface area (Å²) in [5, 5.41) is 10.1. The van der Waals surface area contributed by atoms with Gasteiger partial charge in [0.2, 0.25) is 0 Å². The summed E-state index contributed by atoms with van der Waals surface area (Å²) >= 11 is 0. The molecule has 0 radical (unpaired) electrons. The predicted molar refractivity (Wildman–Crippen MR) is 68.0 cm³/mol. The summed E-state index contributed by atoms with van der Waals surface area (Å²) in [5.74, 6) is 1.48. The monoisotopic (exact) mass is 249 g/mol. The molecule has 2 fully saturated rings. The fourth-order valence-electron chi connectivity index (χ4n) is 2.36. The van der Waals surface area contributed by atoms with Crippen molar-refractivity contribution >= 4 is 0 Å². The van der Waals surface area contributed by atoms with Gasteiger partial charge in [0.1, 0.15) is 6.10 Å². The van der Waals surface area contributed by atoms with Crippen LogP contribution in [0.25, 0.3) is 0 Å². The summed E-state index contributed by atoms with van der Waals surface area (Å²) in [6, 6.07) is 5.74. The van der Waals surface area contributed by atoms with Crippen molar-refractivity contribution in [3.63, 3.8) is 0 Å². The van der Waals surface area contributed by atoms with E-state index in [2.05, 4.69) is 11.9 Å². The molecule has 1 saturated carbocycles. The SMILES string of the molecule is COc1cc(C2(O)CC2)ccc1OC1CN(C)C1. The maximum absolute atomic E-state index is 10.1. The van der Waals surface area contributed by atoms with Crippen molar-refractivity contribution in [1.29, 1.82) is 0 Å². The zero-order chi connectivity index (χ0) is 12.8. The minimum atomic E-state index is -0.623. The molecule has 3 rings (SSSR count). The number of likely N-dealkylation sites (tertiary alicyclic amines) is 1. The van der Waals surface area contributed by atoms with Crippen LogP contribution in [0.3, 0.4) is 0 Å². The number of rotatable bonds is 4. The molecule has 18 heavy (non-hydrogen) atoms. The molecule has 1 aromatic rings. The molecule has 1 heterocycles. The van der Waals surface area contributed by atoms with Crippen LogP contribution in [0.15, 0.2) is 18.2 Å². The van der Waals surface area contributed by atoms with Crippen LogP contribution in [-0.4, -0.2) is 43.4 Å². The Morgan fingerprint density at radius 2 is 2.00 bits per heavy atom. The normalized spacial score (nSPS) is 22.4. The number of hydrogen-bond donors (Lipinski definition) is 1. The van der Waals surface area contributed by atoms with Crippen molar-refractivity contribution in [2.24, 2.45) is 0 Å². The number of benzene rings is 1. The van der Waals surface area contributed by atoms with E-state index in [0.29, 0.717) is 5.75 Å². The second kappa shape index (κ2) is 4.14. The number of methoxy groups -OCH3 is 1. The maximum atomic E-state index is 10.1. The highest BCUT2D eigenvalue weighted by Gasteiger charge is 2.42. The number of hydrogen-bond acceptors (Lipinski definition) is 4. The van der Waals surface area contributed by atoms with Gasteiger partial charge in [-0.15, -0.1) is 0 Å². The maximum Gasteiger partial charge on any atom is 0.161 e. The lowest BCUT2D eigenvalue weighted by Gasteiger charge is -2.36. The summed E-state index contributed by atoms with van der Waals surface area (Å²) in [5.41, 5.74) is 0.306. The van der Waals surface area contributed by atoms with Crippen molar-refractivity contribution in [3.8, 4) is 11.5 Å². The molecule has 0 atom stereocenters. The van der Waals surface area contributed by atoms with E-state index in [1.807, 2.05) is 18.2 Å². The lowest BCUT2D eigenvalue weighted by molar-refractivity contribution is 0.0369. The van der Waals surface area contributed by atoms with E-state index in [1.165, 1.54) is 0 Å². The minimum Gasteiger partial charge on any atom is -0.493 e. The van der Waals surface area contributed by atoms with Crippen molar-refractivity contribution in [2.45, 2.75) is 24.5 Å². The Morgan fingerprint density at radius 1 is 1.28 bits per heavy atom. The second-order valence-electron chi connectivity index (χ2n) is 5.36. The molecule has 98 valence electrons. The number of nitrogens with zero attached hydrogens (tertiary/aromatic N) is 1. The van der Waals surface area contributed by atoms with E-state index in [-0.39, 0.29) is 6.10 Å². The second-order valence-corrected chi connectivity index (χ2v) is 5.36. The molecule has 0 spiro atoms. The van der Waals surface area contributed by atoms with E-state index in [9.17, 15) is 5.11 Å². The van der Waals surface area contributed by atoms with Crippen LogP contribution < -0.4 is 9.47 Å². The zero-order valence-electron chi connectivity index (χ0n) is 10.8. The van der Waals surface area contributed by atoms with Gasteiger partial charge in [-0.05, 0) is 37.6 Å². The molecular formula is C14H19NO3. The summed E-state index contributed by atoms with van der Waals surface area (Å²) in [4.78, 5) is 2.21. The molecular weight excluding hydrogens is 230 g/mol. The van der Waals surface area contributed by atoms with Crippen molar-refractivity contribution in [3.05, 3.63) is 23.8 Å². The van der Waals surface area contributed by atoms with Crippen LogP contribution in [0, 0.1) is 0 Å². The number of ether oxygens (including phenoxy) is 2. The van der Waals surface area contributed by atoms with Gasteiger partial charge < -0.3 is 14.6 Å². The fraction of sp³-hybridized carbons (Fsp3) is 0.571. The van der Waals surface area contributed by atoms with Crippen molar-refractivity contribution in [1.82, 2.24) is 4.90 Å². The fourth-order valence-corrected chi connectivity index (χ4v) is 2.36. The Hall–Kier alpha value is -1.26. The van der Waals surface area contributed by atoms with Gasteiger partial charge in [0.05, 0.1) is 12.7 Å². The standard InChI is InChI=1S/C14H19NO3/c1-15-8-11(9-15)18-12-4-3-10(7-13(12)17-2)14(16)5-6-14/h3-4,7,11,16H,5-6,8-9H2,1-2H3. The van der Waals surface area contributed by atoms with Crippen LogP contribution in [0.4, 0.5) is 0 Å². The largest absolute Gasteiger partial charge is 0.493 e. The van der Waals surface area contributed by atoms with Gasteiger partial charge in [-0.25, -0.2) is 0 Å². The Balaban J connectivity index is 1.77. The molecule has 1 N–H and O–H groups in total. The lowest BCUT2D eigenvalue weighted by atomic mass is 10.1. The highest BCUT2D eigenvalue weighted by atomic mass is 16.5. The van der Waals surface area contributed by atoms with Crippen LogP contribution in [0.1, 0.15) is 18.4 Å². The predicted octanol–water partition coefficient (Wildman–Crippen LogP) is 1.37. The molecule has 4 heteroatoms. The quantitative estimate of drug-likeness (QED) is 0.875. The molecule has 1 aliphatic carbocycles. The molecule has 0 unspecified atom stereocenters. The highest BCUT2D eigenvalue weighted by molar-refractivity contribution is 5.46. The third-order valence-corrected chi connectivity index (χ3v) is 3.75. The summed E-state index contributed by atoms with van der Waals surface area (Å²) in [6.45, 7) is 1.91. The van der Waals surface area contributed by atoms with Crippen molar-refractivity contribution in [2.75, 3.05) is 27.2 Å². The van der Waals surface area contributed by atoms with Crippen LogP contribution in [0.2, 0.25) is 0 Å². The summed E-state index contributed by atoms with van der Waals surface area (Å²) in [7, 11) is 3.71. The first kappa shape index (κ1) is 11.8. The third kappa shape index (κ3) is 2.06. The topological polar surface area (TPSA) is 41.9 Å². The first-order valence-corrected chi connectivity index (χ1v) is 6.37. The van der Waals surface area contributed by atoms with Crippen LogP contribution >= 0.6 is 0 Å². The molecule has 4 nitrogen and oxygen atoms in total. The average molecular weight is 249 g/mol. The van der Waals surface area contributed by atoms with Gasteiger partial charge in [-0.2, -0.15) is 0 Å². The van der Waals surface area contributed by atoms with Crippen LogP contribution in [0.5, 0.6) is 11.5 Å². The molecule has 0 bridgehead atoms. The first-order chi connectivity index (χ1) is 8.60. The molecule has 1 aliphatic heterocycles. The van der Waals surface area contributed by atoms with Gasteiger partial charge in [0.25, 0.3) is 0 Å². The first-order valence-electron chi connectivity index (χ1n) is 6.37. The summed E-state index contributed by atoms with van der Waals surface area (Å²) in [6.07, 6.45) is 1.92. The number of likely N-dealkylation sites (N-methyl/N-ethyl adjacent to an activating group) is 1. The lowest BCUT2D eigenvalue weighted by Crippen LogP contribution is -2.51. The van der Waals surface area contributed by atoms with Gasteiger partial charge >= 0.3 is 0 Å². The van der Waals surface area contributed by atoms with E-state index in [0.717, 1.165) is 37.2 Å². The molecule has 0 aromatic heterocycles. The Kier molecular flexibility index (Phi) is 2.72. The van der Waals surface area contributed by atoms with Gasteiger partial charge in [0.15, 0.2) is 11.5 Å². The van der Waals surface area contributed by atoms with Gasteiger partial charge in [-0.3, -0.25) is 4.90 Å². The van der Waals surface area contributed by atoms with E-state index >= 15 is 0 Å². The molecule has 2 aliphatic rings. The Morgan fingerprint density at radius 3 is 2.56 bits per heavy atom. The minimum absolute atomic E-state index is 0.249. The molecule has 0 amide bonds. The zero-order valence-corrected chi connectivity index (χ0v) is 10.8. The Bertz CT molecular complexity index is 450. The Labute approximate surface area is 107 Å². The van der Waals surface area contributed by atoms with E-state index < -0.39 is 5.60 Å². The molecule has 1 aromatic carbocycles. The van der Waals surface area contributed by atoms with E-state index in [4.69, 9.17) is 9.47 Å². The van der Waals surface area contributed by atoms with E-state index in [1.54, 1.807) is 7.11 Å². The average Bonchev–Trinajstić information content (AvgIpc) is 3.07.